The summed E-state index contributed by atoms with van der Waals surface area (Å²) in [4.78, 5) is 27.2. The number of hydrogen-bond acceptors (Lipinski definition) is 5. The molecule has 0 aromatic heterocycles. The fourth-order valence-electron chi connectivity index (χ4n) is 3.60. The van der Waals surface area contributed by atoms with Crippen LogP contribution in [0.3, 0.4) is 0 Å². The van der Waals surface area contributed by atoms with Crippen LogP contribution in [-0.2, 0) is 9.53 Å². The van der Waals surface area contributed by atoms with Gasteiger partial charge in [-0.05, 0) is 54.4 Å². The highest BCUT2D eigenvalue weighted by Gasteiger charge is 2.34. The molecular weight excluding hydrogens is 427 g/mol. The van der Waals surface area contributed by atoms with E-state index in [0.29, 0.717) is 19.6 Å². The molecule has 33 heavy (non-hydrogen) atoms. The lowest BCUT2D eigenvalue weighted by molar-refractivity contribution is -0.133. The molecule has 1 aliphatic heterocycles. The van der Waals surface area contributed by atoms with Gasteiger partial charge in [0.1, 0.15) is 18.1 Å². The van der Waals surface area contributed by atoms with E-state index in [2.05, 4.69) is 10.4 Å². The zero-order chi connectivity index (χ0) is 23.8. The van der Waals surface area contributed by atoms with Crippen LogP contribution in [0.2, 0.25) is 0 Å². The maximum absolute atomic E-state index is 13.5. The van der Waals surface area contributed by atoms with Gasteiger partial charge < -0.3 is 19.7 Å². The van der Waals surface area contributed by atoms with Gasteiger partial charge in [-0.3, -0.25) is 4.79 Å². The summed E-state index contributed by atoms with van der Waals surface area (Å²) in [5.41, 5.74) is 2.35. The van der Waals surface area contributed by atoms with E-state index < -0.39 is 6.04 Å². The van der Waals surface area contributed by atoms with Gasteiger partial charge in [0.25, 0.3) is 5.91 Å². The molecule has 8 nitrogen and oxygen atoms in total. The van der Waals surface area contributed by atoms with Crippen LogP contribution >= 0.6 is 0 Å². The lowest BCUT2D eigenvalue weighted by Crippen LogP contribution is -2.47. The number of nitrogens with one attached hydrogen (secondary N) is 1. The maximum Gasteiger partial charge on any atom is 0.317 e. The molecule has 0 fully saturated rings. The molecular formula is C24H29FN4O4. The number of rotatable bonds is 9. The molecule has 3 amide bonds. The topological polar surface area (TPSA) is 83.5 Å². The number of nitrogens with zero attached hydrogens (tertiary/aromatic N) is 3. The highest BCUT2D eigenvalue weighted by atomic mass is 19.1. The fourth-order valence-corrected chi connectivity index (χ4v) is 3.60. The number of hydrogen-bond donors (Lipinski definition) is 1. The lowest BCUT2D eigenvalue weighted by atomic mass is 9.98. The quantitative estimate of drug-likeness (QED) is 0.628. The average molecular weight is 457 g/mol. The Morgan fingerprint density at radius 2 is 1.85 bits per heavy atom. The average Bonchev–Trinajstić information content (AvgIpc) is 3.28. The smallest absolute Gasteiger partial charge is 0.317 e. The summed E-state index contributed by atoms with van der Waals surface area (Å²) in [7, 11) is 3.13. The Bertz CT molecular complexity index is 979. The molecule has 176 valence electrons. The number of urea groups is 1. The van der Waals surface area contributed by atoms with Crippen LogP contribution in [0, 0.1) is 5.82 Å². The van der Waals surface area contributed by atoms with Gasteiger partial charge in [-0.1, -0.05) is 12.1 Å². The number of carbonyl (C=O) groups excluding carboxylic acids is 2. The maximum atomic E-state index is 13.5. The van der Waals surface area contributed by atoms with Crippen molar-refractivity contribution >= 4 is 17.6 Å². The number of hydrazone groups is 1. The van der Waals surface area contributed by atoms with Gasteiger partial charge in [0.2, 0.25) is 0 Å². The van der Waals surface area contributed by atoms with Crippen LogP contribution < -0.4 is 10.1 Å². The Morgan fingerprint density at radius 3 is 2.45 bits per heavy atom. The van der Waals surface area contributed by atoms with Crippen LogP contribution in [0.4, 0.5) is 9.18 Å². The fraction of sp³-hybridized carbons (Fsp3) is 0.375. The summed E-state index contributed by atoms with van der Waals surface area (Å²) in [5, 5.41) is 8.72. The minimum Gasteiger partial charge on any atom is -0.497 e. The molecule has 0 saturated heterocycles. The third-order valence-corrected chi connectivity index (χ3v) is 5.35. The van der Waals surface area contributed by atoms with Gasteiger partial charge >= 0.3 is 6.03 Å². The number of methoxy groups -OCH3 is 2. The van der Waals surface area contributed by atoms with Crippen molar-refractivity contribution in [3.63, 3.8) is 0 Å². The van der Waals surface area contributed by atoms with E-state index in [1.807, 2.05) is 31.2 Å². The van der Waals surface area contributed by atoms with Crippen molar-refractivity contribution in [1.29, 1.82) is 0 Å². The molecule has 0 saturated carbocycles. The Hall–Kier alpha value is -3.46. The van der Waals surface area contributed by atoms with E-state index in [9.17, 15) is 14.0 Å². The minimum absolute atomic E-state index is 0.160. The second-order valence-corrected chi connectivity index (χ2v) is 7.53. The van der Waals surface area contributed by atoms with E-state index in [4.69, 9.17) is 9.47 Å². The third kappa shape index (κ3) is 6.07. The van der Waals surface area contributed by atoms with Gasteiger partial charge in [-0.25, -0.2) is 14.2 Å². The number of amides is 3. The zero-order valence-corrected chi connectivity index (χ0v) is 19.1. The minimum atomic E-state index is -0.409. The summed E-state index contributed by atoms with van der Waals surface area (Å²) in [5.74, 6) is 0.0270. The van der Waals surface area contributed by atoms with E-state index in [0.717, 1.165) is 22.6 Å². The van der Waals surface area contributed by atoms with Crippen molar-refractivity contribution in [1.82, 2.24) is 15.2 Å². The first-order valence-corrected chi connectivity index (χ1v) is 10.8. The molecule has 2 aromatic rings. The van der Waals surface area contributed by atoms with Gasteiger partial charge in [-0.2, -0.15) is 5.10 Å². The number of ether oxygens (including phenoxy) is 2. The van der Waals surface area contributed by atoms with Crippen molar-refractivity contribution in [2.45, 2.75) is 19.4 Å². The van der Waals surface area contributed by atoms with Crippen LogP contribution in [0.5, 0.6) is 5.75 Å². The first-order valence-electron chi connectivity index (χ1n) is 10.8. The largest absolute Gasteiger partial charge is 0.497 e. The Morgan fingerprint density at radius 1 is 1.15 bits per heavy atom. The molecule has 0 aliphatic carbocycles. The van der Waals surface area contributed by atoms with Crippen LogP contribution in [0.1, 0.15) is 30.5 Å². The SMILES string of the molecule is CCNC(=O)N(CCOC)CC(=O)N1N=C(c2ccc(OC)cc2)C[C@@H]1c1ccc(F)cc1. The first-order chi connectivity index (χ1) is 16.0. The van der Waals surface area contributed by atoms with E-state index in [1.54, 1.807) is 19.2 Å². The van der Waals surface area contributed by atoms with Crippen molar-refractivity contribution in [3.8, 4) is 5.75 Å². The lowest BCUT2D eigenvalue weighted by Gasteiger charge is -2.27. The van der Waals surface area contributed by atoms with Crippen molar-refractivity contribution in [3.05, 3.63) is 65.5 Å². The molecule has 0 bridgehead atoms. The summed E-state index contributed by atoms with van der Waals surface area (Å²) < 4.78 is 23.8. The molecule has 1 heterocycles. The Kier molecular flexibility index (Phi) is 8.37. The molecule has 0 radical (unpaired) electrons. The summed E-state index contributed by atoms with van der Waals surface area (Å²) in [6.07, 6.45) is 0.461. The molecule has 1 atom stereocenters. The van der Waals surface area contributed by atoms with E-state index in [1.165, 1.54) is 29.2 Å². The zero-order valence-electron chi connectivity index (χ0n) is 19.1. The summed E-state index contributed by atoms with van der Waals surface area (Å²) in [6, 6.07) is 12.7. The number of halogens is 1. The Labute approximate surface area is 193 Å². The number of benzene rings is 2. The third-order valence-electron chi connectivity index (χ3n) is 5.35. The predicted molar refractivity (Wildman–Crippen MR) is 123 cm³/mol. The van der Waals surface area contributed by atoms with E-state index in [-0.39, 0.29) is 30.8 Å². The Balaban J connectivity index is 1.88. The summed E-state index contributed by atoms with van der Waals surface area (Å²) in [6.45, 7) is 2.65. The molecule has 1 aliphatic rings. The van der Waals surface area contributed by atoms with Crippen molar-refractivity contribution in [2.24, 2.45) is 5.10 Å². The number of carbonyl (C=O) groups is 2. The van der Waals surface area contributed by atoms with Crippen molar-refractivity contribution in [2.75, 3.05) is 40.5 Å². The summed E-state index contributed by atoms with van der Waals surface area (Å²) >= 11 is 0. The second kappa shape index (κ2) is 11.4. The molecule has 1 N–H and O–H groups in total. The molecule has 2 aromatic carbocycles. The molecule has 0 spiro atoms. The molecule has 0 unspecified atom stereocenters. The molecule has 3 rings (SSSR count). The van der Waals surface area contributed by atoms with Crippen LogP contribution in [0.15, 0.2) is 53.6 Å². The van der Waals surface area contributed by atoms with Crippen LogP contribution in [0.25, 0.3) is 0 Å². The van der Waals surface area contributed by atoms with Gasteiger partial charge in [0.15, 0.2) is 0 Å². The van der Waals surface area contributed by atoms with Crippen molar-refractivity contribution < 1.29 is 23.5 Å². The second-order valence-electron chi connectivity index (χ2n) is 7.53. The van der Waals surface area contributed by atoms with Gasteiger partial charge in [0, 0.05) is 26.6 Å². The van der Waals surface area contributed by atoms with E-state index >= 15 is 0 Å². The monoisotopic (exact) mass is 456 g/mol. The van der Waals surface area contributed by atoms with Gasteiger partial charge in [0.05, 0.1) is 25.5 Å². The van der Waals surface area contributed by atoms with Gasteiger partial charge in [-0.15, -0.1) is 0 Å². The molecule has 9 heteroatoms. The highest BCUT2D eigenvalue weighted by Crippen LogP contribution is 2.33. The normalized spacial score (nSPS) is 15.2. The standard InChI is InChI=1S/C24H29FN4O4/c1-4-26-24(31)28(13-14-32-2)16-23(30)29-22(18-5-9-19(25)10-6-18)15-21(27-29)17-7-11-20(33-3)12-8-17/h5-12,22H,4,13-16H2,1-3H3,(H,26,31)/t22-/m1/s1. The highest BCUT2D eigenvalue weighted by molar-refractivity contribution is 6.03. The predicted octanol–water partition coefficient (Wildman–Crippen LogP) is 3.19. The van der Waals surface area contributed by atoms with Crippen LogP contribution in [-0.4, -0.2) is 68.0 Å². The first kappa shape index (κ1) is 24.2.